The molecule has 0 aliphatic carbocycles. The molecule has 0 saturated carbocycles. The van der Waals surface area contributed by atoms with Crippen LogP contribution in [0.3, 0.4) is 0 Å². The molecule has 3 aromatic carbocycles. The lowest BCUT2D eigenvalue weighted by atomic mass is 9.96. The van der Waals surface area contributed by atoms with Crippen molar-refractivity contribution in [2.45, 2.75) is 137 Å². The molecule has 16 nitrogen and oxygen atoms in total. The van der Waals surface area contributed by atoms with Crippen LogP contribution in [0, 0.1) is 17.8 Å². The summed E-state index contributed by atoms with van der Waals surface area (Å²) in [5, 5.41) is 21.7. The summed E-state index contributed by atoms with van der Waals surface area (Å²) < 4.78 is 11.5. The van der Waals surface area contributed by atoms with Crippen LogP contribution in [-0.2, 0) is 19.2 Å². The van der Waals surface area contributed by atoms with E-state index in [1.54, 1.807) is 68.8 Å². The van der Waals surface area contributed by atoms with E-state index in [1.165, 1.54) is 0 Å². The minimum absolute atomic E-state index is 0.0672. The number of unbranched alkanes of at least 4 members (excludes halogenated alkanes) is 1. The molecular formula is C54H76N8O8. The van der Waals surface area contributed by atoms with Crippen molar-refractivity contribution >= 4 is 52.0 Å². The van der Waals surface area contributed by atoms with E-state index >= 15 is 0 Å². The van der Waals surface area contributed by atoms with Gasteiger partial charge in [-0.25, -0.2) is 0 Å². The first-order valence-electron chi connectivity index (χ1n) is 24.8. The number of benzene rings is 3. The molecule has 0 spiro atoms. The van der Waals surface area contributed by atoms with Gasteiger partial charge in [0.1, 0.15) is 41.4 Å². The van der Waals surface area contributed by atoms with Gasteiger partial charge in [0, 0.05) is 47.9 Å². The molecule has 4 rings (SSSR count). The third kappa shape index (κ3) is 17.7. The average molecular weight is 965 g/mol. The van der Waals surface area contributed by atoms with Gasteiger partial charge in [-0.15, -0.1) is 0 Å². The Labute approximate surface area is 414 Å². The van der Waals surface area contributed by atoms with Crippen molar-refractivity contribution in [3.63, 3.8) is 0 Å². The van der Waals surface area contributed by atoms with Crippen molar-refractivity contribution in [2.75, 3.05) is 25.5 Å². The monoisotopic (exact) mass is 965 g/mol. The van der Waals surface area contributed by atoms with Gasteiger partial charge < -0.3 is 46.7 Å². The molecule has 0 bridgehead atoms. The Bertz CT molecular complexity index is 2340. The number of anilines is 1. The standard InChI is InChI=1S/C54H76N8O8/c1-11-13-26-57-52(66)45(29-33(3)4)61-54(68)47(35(7)12-2)62-51(65)39-20-24-42(25-21-39)70-41-22-18-38(19-23-41)50(64)60-46(30-34(5)6)53(67)59-37(9)49(63)56-28-14-16-36(8)58-44-32-43(69-10)31-40-17-15-27-55-48(40)44/h15,17-25,27,31-37,45-47,58H,11-14,16,26,28-30H2,1-10H3,(H,56,63)(H,57,66)(H,59,67)(H,60,64)(H,61,68)(H,62,65)/t35-,36?,37-,45-,46-,47-/m0/s1. The van der Waals surface area contributed by atoms with Gasteiger partial charge in [-0.3, -0.25) is 33.8 Å². The van der Waals surface area contributed by atoms with Gasteiger partial charge >= 0.3 is 0 Å². The average Bonchev–Trinajstić information content (AvgIpc) is 3.33. The number of amides is 6. The molecule has 0 aliphatic heterocycles. The van der Waals surface area contributed by atoms with Crippen molar-refractivity contribution in [2.24, 2.45) is 17.8 Å². The van der Waals surface area contributed by atoms with Crippen molar-refractivity contribution in [3.05, 3.63) is 90.1 Å². The van der Waals surface area contributed by atoms with Gasteiger partial charge in [-0.1, -0.05) is 67.4 Å². The Kier molecular flexibility index (Phi) is 22.4. The summed E-state index contributed by atoms with van der Waals surface area (Å²) in [6.45, 7) is 18.4. The van der Waals surface area contributed by atoms with Crippen LogP contribution in [0.1, 0.15) is 128 Å². The highest BCUT2D eigenvalue weighted by Gasteiger charge is 2.31. The summed E-state index contributed by atoms with van der Waals surface area (Å²) >= 11 is 0. The van der Waals surface area contributed by atoms with Crippen molar-refractivity contribution in [3.8, 4) is 17.2 Å². The number of rotatable bonds is 28. The number of hydrogen-bond acceptors (Lipinski definition) is 10. The maximum absolute atomic E-state index is 13.6. The largest absolute Gasteiger partial charge is 0.497 e. The van der Waals surface area contributed by atoms with E-state index in [2.05, 4.69) is 49.1 Å². The predicted molar refractivity (Wildman–Crippen MR) is 275 cm³/mol. The molecule has 1 aromatic heterocycles. The number of nitrogens with one attached hydrogen (secondary N) is 7. The minimum atomic E-state index is -0.887. The van der Waals surface area contributed by atoms with Crippen LogP contribution in [0.2, 0.25) is 0 Å². The van der Waals surface area contributed by atoms with Gasteiger partial charge in [0.2, 0.25) is 23.6 Å². The van der Waals surface area contributed by atoms with E-state index < -0.39 is 47.8 Å². The molecule has 6 atom stereocenters. The molecule has 16 heteroatoms. The van der Waals surface area contributed by atoms with Gasteiger partial charge in [0.05, 0.1) is 18.3 Å². The number of carbonyl (C=O) groups is 6. The molecule has 6 amide bonds. The van der Waals surface area contributed by atoms with Gasteiger partial charge in [0.25, 0.3) is 11.8 Å². The fourth-order valence-electron chi connectivity index (χ4n) is 7.71. The minimum Gasteiger partial charge on any atom is -0.497 e. The predicted octanol–water partition coefficient (Wildman–Crippen LogP) is 7.67. The topological polar surface area (TPSA) is 218 Å². The summed E-state index contributed by atoms with van der Waals surface area (Å²) in [6, 6.07) is 17.4. The Balaban J connectivity index is 1.26. The molecule has 380 valence electrons. The maximum atomic E-state index is 13.6. The first-order valence-corrected chi connectivity index (χ1v) is 24.8. The smallest absolute Gasteiger partial charge is 0.251 e. The molecule has 0 saturated heterocycles. The van der Waals surface area contributed by atoms with Gasteiger partial charge in [-0.2, -0.15) is 0 Å². The van der Waals surface area contributed by atoms with E-state index in [1.807, 2.05) is 72.7 Å². The first kappa shape index (κ1) is 55.9. The van der Waals surface area contributed by atoms with Crippen LogP contribution in [0.15, 0.2) is 79.0 Å². The van der Waals surface area contributed by atoms with Crippen LogP contribution in [0.5, 0.6) is 17.2 Å². The van der Waals surface area contributed by atoms with Crippen LogP contribution in [-0.4, -0.2) is 90.8 Å². The summed E-state index contributed by atoms with van der Waals surface area (Å²) in [5.74, 6) is -0.716. The molecule has 70 heavy (non-hydrogen) atoms. The number of pyridine rings is 1. The van der Waals surface area contributed by atoms with Crippen molar-refractivity contribution in [1.29, 1.82) is 0 Å². The number of fused-ring (bicyclic) bond motifs is 1. The molecular weight excluding hydrogens is 889 g/mol. The number of nitrogens with zero attached hydrogens (tertiary/aromatic N) is 1. The number of ether oxygens (including phenoxy) is 2. The van der Waals surface area contributed by atoms with E-state index in [4.69, 9.17) is 9.47 Å². The summed E-state index contributed by atoms with van der Waals surface area (Å²) in [4.78, 5) is 84.4. The second-order valence-electron chi connectivity index (χ2n) is 18.9. The molecule has 4 aromatic rings. The molecule has 0 radical (unpaired) electrons. The van der Waals surface area contributed by atoms with Crippen LogP contribution >= 0.6 is 0 Å². The van der Waals surface area contributed by atoms with E-state index in [9.17, 15) is 28.8 Å². The van der Waals surface area contributed by atoms with Crippen LogP contribution < -0.4 is 46.7 Å². The van der Waals surface area contributed by atoms with Crippen molar-refractivity contribution in [1.82, 2.24) is 36.9 Å². The Morgan fingerprint density at radius 1 is 0.614 bits per heavy atom. The highest BCUT2D eigenvalue weighted by Crippen LogP contribution is 2.29. The lowest BCUT2D eigenvalue weighted by molar-refractivity contribution is -0.131. The van der Waals surface area contributed by atoms with Gasteiger partial charge in [-0.05, 0) is 124 Å². The zero-order valence-electron chi connectivity index (χ0n) is 42.7. The lowest BCUT2D eigenvalue weighted by Crippen LogP contribution is -2.56. The zero-order valence-corrected chi connectivity index (χ0v) is 42.7. The molecule has 7 N–H and O–H groups in total. The summed E-state index contributed by atoms with van der Waals surface area (Å²) in [6.07, 6.45) is 6.44. The second-order valence-corrected chi connectivity index (χ2v) is 18.9. The van der Waals surface area contributed by atoms with E-state index in [0.29, 0.717) is 61.4 Å². The fourth-order valence-corrected chi connectivity index (χ4v) is 7.71. The maximum Gasteiger partial charge on any atom is 0.251 e. The normalized spacial score (nSPS) is 13.8. The SMILES string of the molecule is CCCCNC(=O)[C@H](CC(C)C)NC(=O)[C@@H](NC(=O)c1ccc(Oc2ccc(C(=O)N[C@@H](CC(C)C)C(=O)N[C@@H](C)C(=O)NCCCC(C)Nc3cc(OC)cc4cccnc34)cc2)cc1)[C@@H](C)CC. The number of methoxy groups -OCH3 is 1. The quantitative estimate of drug-likeness (QED) is 0.0276. The number of aromatic nitrogens is 1. The van der Waals surface area contributed by atoms with Crippen molar-refractivity contribution < 1.29 is 38.2 Å². The lowest BCUT2D eigenvalue weighted by Gasteiger charge is -2.27. The Morgan fingerprint density at radius 2 is 1.19 bits per heavy atom. The number of carbonyl (C=O) groups excluding carboxylic acids is 6. The van der Waals surface area contributed by atoms with Gasteiger partial charge in [0.15, 0.2) is 0 Å². The Morgan fingerprint density at radius 3 is 1.76 bits per heavy atom. The number of hydrogen-bond donors (Lipinski definition) is 7. The zero-order chi connectivity index (χ0) is 51.3. The first-order chi connectivity index (χ1) is 33.4. The highest BCUT2D eigenvalue weighted by molar-refractivity contribution is 5.99. The highest BCUT2D eigenvalue weighted by atomic mass is 16.5. The molecule has 1 unspecified atom stereocenters. The Hall–Kier alpha value is -6.71. The molecule has 1 heterocycles. The fraction of sp³-hybridized carbons (Fsp3) is 0.500. The van der Waals surface area contributed by atoms with E-state index in [0.717, 1.165) is 41.6 Å². The summed E-state index contributed by atoms with van der Waals surface area (Å²) in [7, 11) is 1.63. The third-order valence-electron chi connectivity index (χ3n) is 11.9. The summed E-state index contributed by atoms with van der Waals surface area (Å²) in [5.41, 5.74) is 2.34. The molecule has 0 aliphatic rings. The second kappa shape index (κ2) is 28.1. The van der Waals surface area contributed by atoms with E-state index in [-0.39, 0.29) is 35.6 Å². The van der Waals surface area contributed by atoms with Crippen LogP contribution in [0.25, 0.3) is 10.9 Å². The molecule has 0 fully saturated rings. The third-order valence-corrected chi connectivity index (χ3v) is 11.9. The van der Waals surface area contributed by atoms with Crippen LogP contribution in [0.4, 0.5) is 5.69 Å².